The first-order valence-corrected chi connectivity index (χ1v) is 6.52. The maximum absolute atomic E-state index is 11.7. The third-order valence-corrected chi connectivity index (χ3v) is 3.51. The number of aryl methyl sites for hydroxylation is 1. The fraction of sp³-hybridized carbons (Fsp3) is 0.250. The second kappa shape index (κ2) is 5.66. The molecule has 0 spiro atoms. The quantitative estimate of drug-likeness (QED) is 0.866. The zero-order valence-electron chi connectivity index (χ0n) is 10.3. The van der Waals surface area contributed by atoms with Gasteiger partial charge in [-0.1, -0.05) is 0 Å². The zero-order valence-corrected chi connectivity index (χ0v) is 11.1. The second-order valence-electron chi connectivity index (χ2n) is 4.05. The van der Waals surface area contributed by atoms with Gasteiger partial charge in [-0.3, -0.25) is 4.79 Å². The first-order valence-electron chi connectivity index (χ1n) is 5.64. The minimum atomic E-state index is -1.06. The highest BCUT2D eigenvalue weighted by Crippen LogP contribution is 2.12. The third-order valence-electron chi connectivity index (χ3n) is 2.46. The molecule has 2 aromatic rings. The van der Waals surface area contributed by atoms with E-state index in [2.05, 4.69) is 10.3 Å². The van der Waals surface area contributed by atoms with Crippen molar-refractivity contribution in [3.05, 3.63) is 40.1 Å². The standard InChI is InChI=1S/C12H13N3O3S/c1-8-4-10(19-6-8)11(16)13-2-3-15-5-9(12(17)18)14-7-15/h4-7H,2-3H2,1H3,(H,13,16)(H,17,18). The highest BCUT2D eigenvalue weighted by atomic mass is 32.1. The van der Waals surface area contributed by atoms with Crippen LogP contribution in [0.2, 0.25) is 0 Å². The number of nitrogens with one attached hydrogen (secondary N) is 1. The highest BCUT2D eigenvalue weighted by Gasteiger charge is 2.08. The number of thiophene rings is 1. The fourth-order valence-corrected chi connectivity index (χ4v) is 2.34. The van der Waals surface area contributed by atoms with Crippen LogP contribution in [0.4, 0.5) is 0 Å². The third kappa shape index (κ3) is 3.41. The van der Waals surface area contributed by atoms with Crippen LogP contribution in [0, 0.1) is 6.92 Å². The Hall–Kier alpha value is -2.15. The van der Waals surface area contributed by atoms with Crippen molar-refractivity contribution < 1.29 is 14.7 Å². The van der Waals surface area contributed by atoms with Gasteiger partial charge in [0.1, 0.15) is 0 Å². The molecule has 0 fully saturated rings. The van der Waals surface area contributed by atoms with E-state index in [9.17, 15) is 9.59 Å². The number of carbonyl (C=O) groups is 2. The summed E-state index contributed by atoms with van der Waals surface area (Å²) in [6, 6.07) is 1.83. The average Bonchev–Trinajstić information content (AvgIpc) is 2.98. The summed E-state index contributed by atoms with van der Waals surface area (Å²) in [5, 5.41) is 13.4. The number of hydrogen-bond acceptors (Lipinski definition) is 4. The summed E-state index contributed by atoms with van der Waals surface area (Å²) in [5.74, 6) is -1.17. The molecule has 0 atom stereocenters. The van der Waals surface area contributed by atoms with Gasteiger partial charge in [-0.25, -0.2) is 9.78 Å². The average molecular weight is 279 g/mol. The van der Waals surface area contributed by atoms with Crippen LogP contribution in [0.3, 0.4) is 0 Å². The number of aromatic carboxylic acids is 1. The predicted octanol–water partition coefficient (Wildman–Crippen LogP) is 1.38. The summed E-state index contributed by atoms with van der Waals surface area (Å²) in [6.45, 7) is 2.84. The Labute approximate surface area is 113 Å². The molecule has 7 heteroatoms. The first kappa shape index (κ1) is 13.3. The molecule has 2 rings (SSSR count). The van der Waals surface area contributed by atoms with Gasteiger partial charge in [0, 0.05) is 19.3 Å². The molecule has 2 aromatic heterocycles. The maximum atomic E-state index is 11.7. The summed E-state index contributed by atoms with van der Waals surface area (Å²) in [4.78, 5) is 26.8. The van der Waals surface area contributed by atoms with Crippen LogP contribution < -0.4 is 5.32 Å². The van der Waals surface area contributed by atoms with Gasteiger partial charge in [-0.2, -0.15) is 0 Å². The molecule has 0 aromatic carbocycles. The number of carboxylic acid groups (broad SMARTS) is 1. The summed E-state index contributed by atoms with van der Waals surface area (Å²) < 4.78 is 1.63. The highest BCUT2D eigenvalue weighted by molar-refractivity contribution is 7.12. The topological polar surface area (TPSA) is 84.2 Å². The van der Waals surface area contributed by atoms with Crippen LogP contribution >= 0.6 is 11.3 Å². The van der Waals surface area contributed by atoms with Gasteiger partial charge >= 0.3 is 5.97 Å². The van der Waals surface area contributed by atoms with Crippen molar-refractivity contribution in [3.8, 4) is 0 Å². The van der Waals surface area contributed by atoms with E-state index in [1.165, 1.54) is 23.9 Å². The smallest absolute Gasteiger partial charge is 0.356 e. The van der Waals surface area contributed by atoms with E-state index in [4.69, 9.17) is 5.11 Å². The molecular weight excluding hydrogens is 266 g/mol. The fourth-order valence-electron chi connectivity index (χ4n) is 1.53. The van der Waals surface area contributed by atoms with Crippen LogP contribution in [-0.4, -0.2) is 33.1 Å². The summed E-state index contributed by atoms with van der Waals surface area (Å²) in [6.07, 6.45) is 2.87. The molecule has 0 bridgehead atoms. The zero-order chi connectivity index (χ0) is 13.8. The van der Waals surface area contributed by atoms with Gasteiger partial charge in [0.05, 0.1) is 11.2 Å². The Bertz CT molecular complexity index is 603. The van der Waals surface area contributed by atoms with Crippen LogP contribution in [0.1, 0.15) is 25.7 Å². The minimum absolute atomic E-state index is 0.000193. The monoisotopic (exact) mass is 279 g/mol. The molecule has 100 valence electrons. The molecule has 2 heterocycles. The van der Waals surface area contributed by atoms with Crippen LogP contribution in [-0.2, 0) is 6.54 Å². The minimum Gasteiger partial charge on any atom is -0.476 e. The molecule has 0 aliphatic rings. The van der Waals surface area contributed by atoms with Gasteiger partial charge in [0.25, 0.3) is 5.91 Å². The SMILES string of the molecule is Cc1csc(C(=O)NCCn2cnc(C(=O)O)c2)c1. The molecule has 0 aliphatic carbocycles. The Morgan fingerprint density at radius 3 is 2.89 bits per heavy atom. The number of hydrogen-bond donors (Lipinski definition) is 2. The molecule has 0 aliphatic heterocycles. The Morgan fingerprint density at radius 2 is 2.32 bits per heavy atom. The first-order chi connectivity index (χ1) is 9.06. The second-order valence-corrected chi connectivity index (χ2v) is 4.96. The maximum Gasteiger partial charge on any atom is 0.356 e. The van der Waals surface area contributed by atoms with E-state index in [1.807, 2.05) is 18.4 Å². The molecule has 0 saturated heterocycles. The van der Waals surface area contributed by atoms with E-state index in [0.717, 1.165) is 5.56 Å². The number of nitrogens with zero attached hydrogens (tertiary/aromatic N) is 2. The van der Waals surface area contributed by atoms with E-state index >= 15 is 0 Å². The van der Waals surface area contributed by atoms with Crippen molar-refractivity contribution in [1.82, 2.24) is 14.9 Å². The number of aromatic nitrogens is 2. The molecule has 0 saturated carbocycles. The Balaban J connectivity index is 1.83. The summed E-state index contributed by atoms with van der Waals surface area (Å²) in [7, 11) is 0. The van der Waals surface area contributed by atoms with E-state index < -0.39 is 5.97 Å². The van der Waals surface area contributed by atoms with Crippen molar-refractivity contribution in [3.63, 3.8) is 0 Å². The largest absolute Gasteiger partial charge is 0.476 e. The van der Waals surface area contributed by atoms with E-state index in [-0.39, 0.29) is 11.6 Å². The summed E-state index contributed by atoms with van der Waals surface area (Å²) >= 11 is 1.40. The van der Waals surface area contributed by atoms with Crippen molar-refractivity contribution in [2.45, 2.75) is 13.5 Å². The molecule has 0 unspecified atom stereocenters. The Kier molecular flexibility index (Phi) is 3.96. The predicted molar refractivity (Wildman–Crippen MR) is 70.6 cm³/mol. The number of carbonyl (C=O) groups excluding carboxylic acids is 1. The molecule has 0 radical (unpaired) electrons. The molecule has 1 amide bonds. The molecule has 6 nitrogen and oxygen atoms in total. The lowest BCUT2D eigenvalue weighted by molar-refractivity contribution is 0.0690. The van der Waals surface area contributed by atoms with Crippen LogP contribution in [0.5, 0.6) is 0 Å². The van der Waals surface area contributed by atoms with Gasteiger partial charge in [-0.15, -0.1) is 11.3 Å². The van der Waals surface area contributed by atoms with E-state index in [1.54, 1.807) is 4.57 Å². The summed E-state index contributed by atoms with van der Waals surface area (Å²) in [5.41, 5.74) is 1.07. The van der Waals surface area contributed by atoms with Crippen molar-refractivity contribution in [1.29, 1.82) is 0 Å². The van der Waals surface area contributed by atoms with Crippen LogP contribution in [0.25, 0.3) is 0 Å². The number of amides is 1. The van der Waals surface area contributed by atoms with Gasteiger partial charge in [-0.05, 0) is 23.9 Å². The normalized spacial score (nSPS) is 10.4. The lowest BCUT2D eigenvalue weighted by Crippen LogP contribution is -2.26. The molecule has 2 N–H and O–H groups in total. The molecular formula is C12H13N3O3S. The van der Waals surface area contributed by atoms with Crippen molar-refractivity contribution >= 4 is 23.2 Å². The van der Waals surface area contributed by atoms with Crippen LogP contribution in [0.15, 0.2) is 24.0 Å². The van der Waals surface area contributed by atoms with Crippen molar-refractivity contribution in [2.75, 3.05) is 6.54 Å². The Morgan fingerprint density at radius 1 is 1.53 bits per heavy atom. The van der Waals surface area contributed by atoms with Gasteiger partial charge in [0.2, 0.25) is 0 Å². The van der Waals surface area contributed by atoms with E-state index in [0.29, 0.717) is 18.0 Å². The number of carboxylic acids is 1. The van der Waals surface area contributed by atoms with Gasteiger partial charge in [0.15, 0.2) is 5.69 Å². The number of imidazole rings is 1. The lowest BCUT2D eigenvalue weighted by Gasteiger charge is -2.03. The van der Waals surface area contributed by atoms with Crippen molar-refractivity contribution in [2.24, 2.45) is 0 Å². The molecule has 19 heavy (non-hydrogen) atoms. The number of rotatable bonds is 5. The van der Waals surface area contributed by atoms with Gasteiger partial charge < -0.3 is 15.0 Å². The lowest BCUT2D eigenvalue weighted by atomic mass is 10.3.